The van der Waals surface area contributed by atoms with Crippen LogP contribution >= 0.6 is 0 Å². The number of hydrogen-bond acceptors (Lipinski definition) is 4. The Bertz CT molecular complexity index is 443. The molecule has 1 aliphatic rings. The van der Waals surface area contributed by atoms with E-state index in [1.165, 1.54) is 32.1 Å². The fraction of sp³-hybridized carbons (Fsp3) is 0.625. The Morgan fingerprint density at radius 2 is 1.95 bits per heavy atom. The Kier molecular flexibility index (Phi) is 5.37. The zero-order chi connectivity index (χ0) is 14.4. The fourth-order valence-corrected chi connectivity index (χ4v) is 2.80. The van der Waals surface area contributed by atoms with E-state index in [9.17, 15) is 0 Å². The minimum absolute atomic E-state index is 0.612. The minimum atomic E-state index is 0.612. The van der Waals surface area contributed by atoms with Crippen molar-refractivity contribution in [2.75, 3.05) is 32.1 Å². The molecule has 0 saturated heterocycles. The van der Waals surface area contributed by atoms with Crippen LogP contribution in [-0.4, -0.2) is 43.1 Å². The van der Waals surface area contributed by atoms with Crippen molar-refractivity contribution in [3.63, 3.8) is 0 Å². The van der Waals surface area contributed by atoms with Crippen molar-refractivity contribution in [1.82, 2.24) is 9.88 Å². The summed E-state index contributed by atoms with van der Waals surface area (Å²) in [6.45, 7) is 2.02. The molecule has 0 atom stereocenters. The van der Waals surface area contributed by atoms with Crippen LogP contribution in [0.4, 0.5) is 5.82 Å². The van der Waals surface area contributed by atoms with Crippen LogP contribution in [0.3, 0.4) is 0 Å². The van der Waals surface area contributed by atoms with Crippen molar-refractivity contribution in [1.29, 1.82) is 5.26 Å². The molecule has 1 fully saturated rings. The van der Waals surface area contributed by atoms with E-state index >= 15 is 0 Å². The quantitative estimate of drug-likeness (QED) is 0.826. The minimum Gasteiger partial charge on any atom is -0.358 e. The van der Waals surface area contributed by atoms with Crippen molar-refractivity contribution in [3.05, 3.63) is 23.9 Å². The average molecular weight is 272 g/mol. The molecular weight excluding hydrogens is 248 g/mol. The Balaban J connectivity index is 1.81. The van der Waals surface area contributed by atoms with Gasteiger partial charge in [-0.2, -0.15) is 5.26 Å². The Morgan fingerprint density at radius 1 is 1.20 bits per heavy atom. The number of rotatable bonds is 5. The lowest BCUT2D eigenvalue weighted by atomic mass is 9.94. The Morgan fingerprint density at radius 3 is 2.55 bits per heavy atom. The molecule has 20 heavy (non-hydrogen) atoms. The van der Waals surface area contributed by atoms with Crippen molar-refractivity contribution in [2.24, 2.45) is 0 Å². The third kappa shape index (κ3) is 3.94. The van der Waals surface area contributed by atoms with E-state index in [0.29, 0.717) is 5.56 Å². The predicted molar refractivity (Wildman–Crippen MR) is 81.7 cm³/mol. The molecule has 1 heterocycles. The van der Waals surface area contributed by atoms with Gasteiger partial charge in [0.2, 0.25) is 0 Å². The van der Waals surface area contributed by atoms with Gasteiger partial charge in [0.25, 0.3) is 0 Å². The van der Waals surface area contributed by atoms with Crippen molar-refractivity contribution in [3.8, 4) is 6.07 Å². The highest BCUT2D eigenvalue weighted by Crippen LogP contribution is 2.21. The van der Waals surface area contributed by atoms with Crippen molar-refractivity contribution >= 4 is 5.82 Å². The standard InChI is InChI=1S/C16H24N4/c1-19(15-6-4-3-5-7-15)10-11-20(2)16-9-8-14(12-17)13-18-16/h8-9,13,15H,3-7,10-11H2,1-2H3. The van der Waals surface area contributed by atoms with Gasteiger partial charge in [0, 0.05) is 32.4 Å². The smallest absolute Gasteiger partial charge is 0.128 e. The zero-order valence-corrected chi connectivity index (χ0v) is 12.5. The summed E-state index contributed by atoms with van der Waals surface area (Å²) in [7, 11) is 4.29. The van der Waals surface area contributed by atoms with Crippen LogP contribution < -0.4 is 4.90 Å². The summed E-state index contributed by atoms with van der Waals surface area (Å²) < 4.78 is 0. The van der Waals surface area contributed by atoms with Gasteiger partial charge >= 0.3 is 0 Å². The SMILES string of the molecule is CN(CCN(C)C1CCCCC1)c1ccc(C#N)cn1. The van der Waals surface area contributed by atoms with Gasteiger partial charge < -0.3 is 9.80 Å². The summed E-state index contributed by atoms with van der Waals surface area (Å²) >= 11 is 0. The maximum atomic E-state index is 8.78. The van der Waals surface area contributed by atoms with Gasteiger partial charge in [-0.15, -0.1) is 0 Å². The monoisotopic (exact) mass is 272 g/mol. The molecule has 0 spiro atoms. The number of nitriles is 1. The Hall–Kier alpha value is -1.60. The maximum absolute atomic E-state index is 8.78. The largest absolute Gasteiger partial charge is 0.358 e. The van der Waals surface area contributed by atoms with Crippen LogP contribution in [0.25, 0.3) is 0 Å². The lowest BCUT2D eigenvalue weighted by Crippen LogP contribution is -2.38. The van der Waals surface area contributed by atoms with Crippen LogP contribution in [0.2, 0.25) is 0 Å². The lowest BCUT2D eigenvalue weighted by Gasteiger charge is -2.32. The number of hydrogen-bond donors (Lipinski definition) is 0. The van der Waals surface area contributed by atoms with Crippen LogP contribution in [0.15, 0.2) is 18.3 Å². The molecule has 1 aromatic rings. The molecule has 1 saturated carbocycles. The van der Waals surface area contributed by atoms with Crippen LogP contribution in [0, 0.1) is 11.3 Å². The highest BCUT2D eigenvalue weighted by atomic mass is 15.2. The number of anilines is 1. The normalized spacial score (nSPS) is 16.1. The third-order valence-electron chi connectivity index (χ3n) is 4.25. The number of pyridine rings is 1. The summed E-state index contributed by atoms with van der Waals surface area (Å²) in [5.74, 6) is 0.932. The molecule has 0 radical (unpaired) electrons. The highest BCUT2D eigenvalue weighted by Gasteiger charge is 2.17. The van der Waals surface area contributed by atoms with E-state index in [2.05, 4.69) is 34.9 Å². The van der Waals surface area contributed by atoms with Crippen LogP contribution in [-0.2, 0) is 0 Å². The van der Waals surface area contributed by atoms with E-state index in [0.717, 1.165) is 24.9 Å². The van der Waals surface area contributed by atoms with E-state index in [4.69, 9.17) is 5.26 Å². The van der Waals surface area contributed by atoms with Gasteiger partial charge in [0.05, 0.1) is 5.56 Å². The zero-order valence-electron chi connectivity index (χ0n) is 12.5. The molecule has 0 aliphatic heterocycles. The molecule has 4 nitrogen and oxygen atoms in total. The molecule has 0 amide bonds. The molecule has 0 aromatic carbocycles. The summed E-state index contributed by atoms with van der Waals surface area (Å²) in [4.78, 5) is 8.96. The van der Waals surface area contributed by atoms with E-state index in [-0.39, 0.29) is 0 Å². The molecule has 108 valence electrons. The second kappa shape index (κ2) is 7.25. The molecule has 0 N–H and O–H groups in total. The summed E-state index contributed by atoms with van der Waals surface area (Å²) in [5.41, 5.74) is 0.612. The molecular formula is C16H24N4. The first kappa shape index (κ1) is 14.8. The summed E-state index contributed by atoms with van der Waals surface area (Å²) in [6.07, 6.45) is 8.48. The van der Waals surface area contributed by atoms with Gasteiger partial charge in [0.1, 0.15) is 11.9 Å². The van der Waals surface area contributed by atoms with Gasteiger partial charge in [-0.3, -0.25) is 0 Å². The number of likely N-dealkylation sites (N-methyl/N-ethyl adjacent to an activating group) is 2. The molecule has 1 aromatic heterocycles. The lowest BCUT2D eigenvalue weighted by molar-refractivity contribution is 0.196. The van der Waals surface area contributed by atoms with Gasteiger partial charge in [-0.1, -0.05) is 19.3 Å². The second-order valence-corrected chi connectivity index (χ2v) is 5.71. The van der Waals surface area contributed by atoms with Gasteiger partial charge in [-0.05, 0) is 32.0 Å². The van der Waals surface area contributed by atoms with Crippen molar-refractivity contribution in [2.45, 2.75) is 38.1 Å². The van der Waals surface area contributed by atoms with Gasteiger partial charge in [0.15, 0.2) is 0 Å². The number of aromatic nitrogens is 1. The summed E-state index contributed by atoms with van der Waals surface area (Å²) in [6, 6.07) is 6.59. The maximum Gasteiger partial charge on any atom is 0.128 e. The van der Waals surface area contributed by atoms with Crippen LogP contribution in [0.1, 0.15) is 37.7 Å². The molecule has 2 rings (SSSR count). The molecule has 0 unspecified atom stereocenters. The Labute approximate surface area is 122 Å². The van der Waals surface area contributed by atoms with Crippen molar-refractivity contribution < 1.29 is 0 Å². The first-order valence-electron chi connectivity index (χ1n) is 7.48. The van der Waals surface area contributed by atoms with Gasteiger partial charge in [-0.25, -0.2) is 4.98 Å². The van der Waals surface area contributed by atoms with E-state index in [1.807, 2.05) is 12.1 Å². The number of nitrogens with zero attached hydrogens (tertiary/aromatic N) is 4. The molecule has 4 heteroatoms. The highest BCUT2D eigenvalue weighted by molar-refractivity contribution is 5.40. The first-order chi connectivity index (χ1) is 9.70. The van der Waals surface area contributed by atoms with E-state index < -0.39 is 0 Å². The fourth-order valence-electron chi connectivity index (χ4n) is 2.80. The van der Waals surface area contributed by atoms with E-state index in [1.54, 1.807) is 6.20 Å². The average Bonchev–Trinajstić information content (AvgIpc) is 2.53. The van der Waals surface area contributed by atoms with Crippen LogP contribution in [0.5, 0.6) is 0 Å². The predicted octanol–water partition coefficient (Wildman–Crippen LogP) is 2.65. The molecule has 0 bridgehead atoms. The summed E-state index contributed by atoms with van der Waals surface area (Å²) in [5, 5.41) is 8.78. The third-order valence-corrected chi connectivity index (χ3v) is 4.25. The first-order valence-corrected chi connectivity index (χ1v) is 7.48. The molecule has 1 aliphatic carbocycles. The topological polar surface area (TPSA) is 43.2 Å². The second-order valence-electron chi connectivity index (χ2n) is 5.71.